The molecule has 0 aromatic heterocycles. The zero-order valence-corrected chi connectivity index (χ0v) is 11.6. The van der Waals surface area contributed by atoms with Gasteiger partial charge in [0, 0.05) is 18.7 Å². The minimum absolute atomic E-state index is 0.0644. The Hall–Kier alpha value is -1.87. The number of hydrogen-bond donors (Lipinski definition) is 1. The molecule has 3 rings (SSSR count). The predicted octanol–water partition coefficient (Wildman–Crippen LogP) is 2.68. The molecule has 1 amide bonds. The summed E-state index contributed by atoms with van der Waals surface area (Å²) in [6.07, 6.45) is 0.385. The van der Waals surface area contributed by atoms with E-state index in [9.17, 15) is 9.90 Å². The number of likely N-dealkylation sites (tertiary alicyclic amines) is 1. The predicted molar refractivity (Wildman–Crippen MR) is 79.6 cm³/mol. The van der Waals surface area contributed by atoms with Gasteiger partial charge in [-0.15, -0.1) is 0 Å². The lowest BCUT2D eigenvalue weighted by Gasteiger charge is -2.34. The van der Waals surface area contributed by atoms with Crippen LogP contribution in [0.5, 0.6) is 0 Å². The molecule has 0 spiro atoms. The molecule has 1 fully saturated rings. The van der Waals surface area contributed by atoms with Gasteiger partial charge in [-0.1, -0.05) is 37.3 Å². The molecular formula is C17H19NO2. The van der Waals surface area contributed by atoms with E-state index in [1.54, 1.807) is 0 Å². The molecule has 0 aliphatic carbocycles. The fourth-order valence-corrected chi connectivity index (χ4v) is 2.82. The molecule has 3 heteroatoms. The molecule has 2 atom stereocenters. The third kappa shape index (κ3) is 2.41. The van der Waals surface area contributed by atoms with Gasteiger partial charge in [0.15, 0.2) is 0 Å². The molecule has 104 valence electrons. The number of fused-ring (bicyclic) bond motifs is 1. The molecule has 1 aliphatic heterocycles. The van der Waals surface area contributed by atoms with Crippen LogP contribution in [0.3, 0.4) is 0 Å². The number of carbonyl (C=O) groups excluding carboxylic acids is 1. The molecule has 3 nitrogen and oxygen atoms in total. The van der Waals surface area contributed by atoms with Crippen LogP contribution in [0.1, 0.15) is 23.7 Å². The number of aliphatic hydroxyl groups is 1. The van der Waals surface area contributed by atoms with Crippen LogP contribution >= 0.6 is 0 Å². The summed E-state index contributed by atoms with van der Waals surface area (Å²) >= 11 is 0. The molecule has 2 unspecified atom stereocenters. The lowest BCUT2D eigenvalue weighted by Crippen LogP contribution is -2.44. The Kier molecular flexibility index (Phi) is 3.45. The first-order chi connectivity index (χ1) is 9.65. The normalized spacial score (nSPS) is 23.0. The van der Waals surface area contributed by atoms with Gasteiger partial charge in [-0.25, -0.2) is 0 Å². The first-order valence-electron chi connectivity index (χ1n) is 7.11. The van der Waals surface area contributed by atoms with Gasteiger partial charge in [0.25, 0.3) is 5.91 Å². The fraction of sp³-hybridized carbons (Fsp3) is 0.353. The van der Waals surface area contributed by atoms with E-state index in [0.29, 0.717) is 19.5 Å². The van der Waals surface area contributed by atoms with Crippen LogP contribution in [0.2, 0.25) is 0 Å². The molecular weight excluding hydrogens is 250 g/mol. The van der Waals surface area contributed by atoms with Crippen molar-refractivity contribution in [3.8, 4) is 0 Å². The Morgan fingerprint density at radius 2 is 1.95 bits per heavy atom. The second kappa shape index (κ2) is 5.25. The van der Waals surface area contributed by atoms with E-state index < -0.39 is 0 Å². The molecule has 1 aliphatic rings. The minimum Gasteiger partial charge on any atom is -0.393 e. The summed E-state index contributed by atoms with van der Waals surface area (Å²) in [4.78, 5) is 14.4. The summed E-state index contributed by atoms with van der Waals surface area (Å²) in [6.45, 7) is 3.26. The quantitative estimate of drug-likeness (QED) is 0.864. The van der Waals surface area contributed by atoms with E-state index in [4.69, 9.17) is 0 Å². The molecule has 2 aromatic carbocycles. The molecule has 0 saturated carbocycles. The number of hydrogen-bond acceptors (Lipinski definition) is 2. The van der Waals surface area contributed by atoms with Crippen molar-refractivity contribution in [2.75, 3.05) is 13.1 Å². The molecule has 0 radical (unpaired) electrons. The van der Waals surface area contributed by atoms with Crippen molar-refractivity contribution in [2.24, 2.45) is 5.92 Å². The average Bonchev–Trinajstić information content (AvgIpc) is 2.49. The first kappa shape index (κ1) is 13.1. The number of benzene rings is 2. The highest BCUT2D eigenvalue weighted by molar-refractivity contribution is 5.98. The van der Waals surface area contributed by atoms with Crippen molar-refractivity contribution in [2.45, 2.75) is 19.4 Å². The van der Waals surface area contributed by atoms with Gasteiger partial charge in [0.2, 0.25) is 0 Å². The van der Waals surface area contributed by atoms with Gasteiger partial charge in [0.05, 0.1) is 6.10 Å². The standard InChI is InChI=1S/C17H19NO2/c1-12-11-18(9-8-16(12)19)17(20)15-7-6-13-4-2-3-5-14(13)10-15/h2-7,10,12,16,19H,8-9,11H2,1H3. The van der Waals surface area contributed by atoms with Crippen LogP contribution in [0.15, 0.2) is 42.5 Å². The van der Waals surface area contributed by atoms with E-state index in [1.165, 1.54) is 0 Å². The number of rotatable bonds is 1. The fourth-order valence-electron chi connectivity index (χ4n) is 2.82. The smallest absolute Gasteiger partial charge is 0.253 e. The van der Waals surface area contributed by atoms with Crippen LogP contribution in [0, 0.1) is 5.92 Å². The van der Waals surface area contributed by atoms with Crippen molar-refractivity contribution in [3.05, 3.63) is 48.0 Å². The van der Waals surface area contributed by atoms with Crippen LogP contribution in [-0.4, -0.2) is 35.1 Å². The van der Waals surface area contributed by atoms with Gasteiger partial charge >= 0.3 is 0 Å². The Labute approximate surface area is 118 Å². The van der Waals surface area contributed by atoms with Gasteiger partial charge in [-0.05, 0) is 35.2 Å². The highest BCUT2D eigenvalue weighted by atomic mass is 16.3. The zero-order chi connectivity index (χ0) is 14.1. The van der Waals surface area contributed by atoms with Crippen LogP contribution in [0.4, 0.5) is 0 Å². The van der Waals surface area contributed by atoms with Gasteiger partial charge < -0.3 is 10.0 Å². The lowest BCUT2D eigenvalue weighted by molar-refractivity contribution is 0.0297. The maximum Gasteiger partial charge on any atom is 0.253 e. The third-order valence-electron chi connectivity index (χ3n) is 4.14. The molecule has 20 heavy (non-hydrogen) atoms. The van der Waals surface area contributed by atoms with Crippen LogP contribution < -0.4 is 0 Å². The van der Waals surface area contributed by atoms with E-state index in [-0.39, 0.29) is 17.9 Å². The zero-order valence-electron chi connectivity index (χ0n) is 11.6. The Morgan fingerprint density at radius 1 is 1.20 bits per heavy atom. The van der Waals surface area contributed by atoms with Crippen LogP contribution in [-0.2, 0) is 0 Å². The van der Waals surface area contributed by atoms with Crippen LogP contribution in [0.25, 0.3) is 10.8 Å². The number of nitrogens with zero attached hydrogens (tertiary/aromatic N) is 1. The van der Waals surface area contributed by atoms with Gasteiger partial charge in [-0.2, -0.15) is 0 Å². The summed E-state index contributed by atoms with van der Waals surface area (Å²) in [6, 6.07) is 13.9. The second-order valence-electron chi connectivity index (χ2n) is 5.65. The second-order valence-corrected chi connectivity index (χ2v) is 5.65. The van der Waals surface area contributed by atoms with E-state index >= 15 is 0 Å². The average molecular weight is 269 g/mol. The molecule has 2 aromatic rings. The summed E-state index contributed by atoms with van der Waals surface area (Å²) < 4.78 is 0. The topological polar surface area (TPSA) is 40.5 Å². The van der Waals surface area contributed by atoms with Crippen molar-refractivity contribution in [1.29, 1.82) is 0 Å². The third-order valence-corrected chi connectivity index (χ3v) is 4.14. The largest absolute Gasteiger partial charge is 0.393 e. The van der Waals surface area contributed by atoms with Crippen molar-refractivity contribution < 1.29 is 9.90 Å². The number of amides is 1. The Balaban J connectivity index is 1.85. The maximum atomic E-state index is 12.5. The number of aliphatic hydroxyl groups excluding tert-OH is 1. The summed E-state index contributed by atoms with van der Waals surface area (Å²) in [5, 5.41) is 12.0. The lowest BCUT2D eigenvalue weighted by atomic mass is 9.96. The summed E-state index contributed by atoms with van der Waals surface area (Å²) in [5.41, 5.74) is 0.729. The van der Waals surface area contributed by atoms with Crippen molar-refractivity contribution >= 4 is 16.7 Å². The number of carbonyl (C=O) groups is 1. The summed E-state index contributed by atoms with van der Waals surface area (Å²) in [5.74, 6) is 0.211. The van der Waals surface area contributed by atoms with Crippen molar-refractivity contribution in [3.63, 3.8) is 0 Å². The number of piperidine rings is 1. The SMILES string of the molecule is CC1CN(C(=O)c2ccc3ccccc3c2)CCC1O. The molecule has 1 N–H and O–H groups in total. The minimum atomic E-state index is -0.282. The van der Waals surface area contributed by atoms with Gasteiger partial charge in [0.1, 0.15) is 0 Å². The first-order valence-corrected chi connectivity index (χ1v) is 7.11. The molecule has 0 bridgehead atoms. The highest BCUT2D eigenvalue weighted by Crippen LogP contribution is 2.21. The Bertz CT molecular complexity index is 638. The highest BCUT2D eigenvalue weighted by Gasteiger charge is 2.27. The maximum absolute atomic E-state index is 12.5. The van der Waals surface area contributed by atoms with E-state index in [0.717, 1.165) is 16.3 Å². The van der Waals surface area contributed by atoms with Gasteiger partial charge in [-0.3, -0.25) is 4.79 Å². The van der Waals surface area contributed by atoms with E-state index in [2.05, 4.69) is 0 Å². The molecule has 1 heterocycles. The monoisotopic (exact) mass is 269 g/mol. The molecule has 1 saturated heterocycles. The summed E-state index contributed by atoms with van der Waals surface area (Å²) in [7, 11) is 0. The van der Waals surface area contributed by atoms with Crippen molar-refractivity contribution in [1.82, 2.24) is 4.90 Å². The van der Waals surface area contributed by atoms with E-state index in [1.807, 2.05) is 54.3 Å². The Morgan fingerprint density at radius 3 is 2.70 bits per heavy atom.